The second-order valence-electron chi connectivity index (χ2n) is 2.49. The lowest BCUT2D eigenvalue weighted by Gasteiger charge is -2.02. The number of aromatic amines is 1. The first-order chi connectivity index (χ1) is 6.43. The minimum Gasteiger partial charge on any atom is -0.478 e. The largest absolute Gasteiger partial charge is 0.478 e. The molecule has 0 aliphatic rings. The molecule has 1 aromatic rings. The maximum Gasteiger partial charge on any atom is 0.353 e. The van der Waals surface area contributed by atoms with Crippen LogP contribution in [0.4, 0.5) is 0 Å². The molecule has 0 amide bonds. The number of hydrogen-bond acceptors (Lipinski definition) is 4. The minimum absolute atomic E-state index is 0.230. The normalized spacial score (nSPS) is 9.79. The summed E-state index contributed by atoms with van der Waals surface area (Å²) in [6, 6.07) is 0. The topological polar surface area (TPSA) is 103 Å². The molecule has 74 valence electrons. The van der Waals surface area contributed by atoms with Gasteiger partial charge in [0, 0.05) is 0 Å². The Morgan fingerprint density at radius 2 is 1.93 bits per heavy atom. The highest BCUT2D eigenvalue weighted by molar-refractivity contribution is 7.71. The Morgan fingerprint density at radius 1 is 1.36 bits per heavy atom. The van der Waals surface area contributed by atoms with Crippen molar-refractivity contribution in [2.75, 3.05) is 0 Å². The predicted octanol–water partition coefficient (Wildman–Crippen LogP) is 0.844. The standard InChI is InChI=1S/C7H6N2O4S/c1-2-8-4(7(12)13)3(6(10)11)5(14)9-2/h1H3,(H,10,11)(H,12,13)(H,8,9,14). The van der Waals surface area contributed by atoms with Crippen molar-refractivity contribution in [2.45, 2.75) is 6.92 Å². The van der Waals surface area contributed by atoms with E-state index in [-0.39, 0.29) is 10.5 Å². The molecule has 3 N–H and O–H groups in total. The van der Waals surface area contributed by atoms with Crippen LogP contribution >= 0.6 is 12.2 Å². The molecule has 14 heavy (non-hydrogen) atoms. The first kappa shape index (κ1) is 10.3. The third-order valence-electron chi connectivity index (χ3n) is 1.47. The third-order valence-corrected chi connectivity index (χ3v) is 1.76. The molecule has 1 heterocycles. The fraction of sp³-hybridized carbons (Fsp3) is 0.143. The SMILES string of the molecule is Cc1nc(=S)c(C(=O)O)c(C(=O)O)[nH]1. The van der Waals surface area contributed by atoms with Gasteiger partial charge in [-0.2, -0.15) is 0 Å². The monoisotopic (exact) mass is 214 g/mol. The van der Waals surface area contributed by atoms with E-state index in [1.807, 2.05) is 0 Å². The Labute approximate surface area is 83.2 Å². The average Bonchev–Trinajstić information content (AvgIpc) is 2.01. The fourth-order valence-corrected chi connectivity index (χ4v) is 1.27. The number of H-pyrrole nitrogens is 1. The van der Waals surface area contributed by atoms with Gasteiger partial charge in [-0.05, 0) is 6.92 Å². The summed E-state index contributed by atoms with van der Waals surface area (Å²) in [5.41, 5.74) is -0.937. The number of hydrogen-bond donors (Lipinski definition) is 3. The van der Waals surface area contributed by atoms with Crippen molar-refractivity contribution < 1.29 is 19.8 Å². The highest BCUT2D eigenvalue weighted by Gasteiger charge is 2.19. The second kappa shape index (κ2) is 3.54. The van der Waals surface area contributed by atoms with Gasteiger partial charge in [-0.15, -0.1) is 0 Å². The van der Waals surface area contributed by atoms with Crippen LogP contribution in [0.3, 0.4) is 0 Å². The van der Waals surface area contributed by atoms with Crippen molar-refractivity contribution >= 4 is 24.2 Å². The van der Waals surface area contributed by atoms with Crippen molar-refractivity contribution in [1.29, 1.82) is 0 Å². The van der Waals surface area contributed by atoms with Crippen molar-refractivity contribution in [1.82, 2.24) is 9.97 Å². The molecule has 0 aliphatic carbocycles. The second-order valence-corrected chi connectivity index (χ2v) is 2.87. The van der Waals surface area contributed by atoms with Crippen LogP contribution in [0.1, 0.15) is 26.7 Å². The van der Waals surface area contributed by atoms with Gasteiger partial charge >= 0.3 is 11.9 Å². The van der Waals surface area contributed by atoms with Crippen molar-refractivity contribution in [3.8, 4) is 0 Å². The Hall–Kier alpha value is -1.76. The predicted molar refractivity (Wildman–Crippen MR) is 48.1 cm³/mol. The maximum atomic E-state index is 10.7. The molecule has 0 spiro atoms. The van der Waals surface area contributed by atoms with Crippen molar-refractivity contribution in [3.05, 3.63) is 21.7 Å². The summed E-state index contributed by atoms with van der Waals surface area (Å²) in [5, 5.41) is 17.4. The van der Waals surface area contributed by atoms with Gasteiger partial charge in [0.05, 0.1) is 0 Å². The Morgan fingerprint density at radius 3 is 2.36 bits per heavy atom. The van der Waals surface area contributed by atoms with Crippen LogP contribution in [-0.4, -0.2) is 32.1 Å². The van der Waals surface area contributed by atoms with Gasteiger partial charge in [0.2, 0.25) is 0 Å². The Kier molecular flexibility index (Phi) is 2.61. The van der Waals surface area contributed by atoms with Gasteiger partial charge in [-0.1, -0.05) is 12.2 Å². The van der Waals surface area contributed by atoms with Gasteiger partial charge in [-0.3, -0.25) is 0 Å². The van der Waals surface area contributed by atoms with Gasteiger partial charge < -0.3 is 15.2 Å². The van der Waals surface area contributed by atoms with Gasteiger partial charge in [0.1, 0.15) is 21.7 Å². The number of nitrogens with zero attached hydrogens (tertiary/aromatic N) is 1. The zero-order valence-electron chi connectivity index (χ0n) is 7.07. The van der Waals surface area contributed by atoms with E-state index in [9.17, 15) is 9.59 Å². The Balaban J connectivity index is 3.61. The summed E-state index contributed by atoms with van der Waals surface area (Å²) in [6.45, 7) is 1.49. The van der Waals surface area contributed by atoms with Crippen LogP contribution in [0, 0.1) is 11.6 Å². The van der Waals surface area contributed by atoms with E-state index in [1.54, 1.807) is 0 Å². The lowest BCUT2D eigenvalue weighted by atomic mass is 10.2. The summed E-state index contributed by atoms with van der Waals surface area (Å²) >= 11 is 4.65. The summed E-state index contributed by atoms with van der Waals surface area (Å²) in [6.07, 6.45) is 0. The molecule has 0 radical (unpaired) electrons. The summed E-state index contributed by atoms with van der Waals surface area (Å²) < 4.78 is -0.230. The van der Waals surface area contributed by atoms with Gasteiger partial charge in [0.15, 0.2) is 0 Å². The zero-order chi connectivity index (χ0) is 10.9. The lowest BCUT2D eigenvalue weighted by molar-refractivity contribution is 0.0644. The molecule has 0 atom stereocenters. The number of carboxylic acids is 2. The van der Waals surface area contributed by atoms with Gasteiger partial charge in [0.25, 0.3) is 0 Å². The highest BCUT2D eigenvalue weighted by atomic mass is 32.1. The molecule has 0 aliphatic heterocycles. The lowest BCUT2D eigenvalue weighted by Crippen LogP contribution is -2.13. The van der Waals surface area contributed by atoms with E-state index in [2.05, 4.69) is 22.2 Å². The molecular weight excluding hydrogens is 208 g/mol. The van der Waals surface area contributed by atoms with Crippen LogP contribution in [0.5, 0.6) is 0 Å². The molecular formula is C7H6N2O4S. The van der Waals surface area contributed by atoms with E-state index in [4.69, 9.17) is 10.2 Å². The first-order valence-electron chi connectivity index (χ1n) is 3.51. The number of carboxylic acid groups (broad SMARTS) is 2. The van der Waals surface area contributed by atoms with E-state index in [0.717, 1.165) is 0 Å². The molecule has 6 nitrogen and oxygen atoms in total. The van der Waals surface area contributed by atoms with Crippen LogP contribution in [0.2, 0.25) is 0 Å². The summed E-state index contributed by atoms with van der Waals surface area (Å²) in [4.78, 5) is 27.3. The maximum absolute atomic E-state index is 10.7. The van der Waals surface area contributed by atoms with Crippen LogP contribution in [0.25, 0.3) is 0 Å². The summed E-state index contributed by atoms with van der Waals surface area (Å²) in [7, 11) is 0. The number of carbonyl (C=O) groups is 2. The third kappa shape index (κ3) is 1.77. The summed E-state index contributed by atoms with van der Waals surface area (Å²) in [5.74, 6) is -2.52. The van der Waals surface area contributed by atoms with Gasteiger partial charge in [-0.25, -0.2) is 14.6 Å². The number of aromatic carboxylic acids is 2. The van der Waals surface area contributed by atoms with Crippen molar-refractivity contribution in [3.63, 3.8) is 0 Å². The number of aromatic nitrogens is 2. The molecule has 0 aromatic carbocycles. The molecule has 1 rings (SSSR count). The van der Waals surface area contributed by atoms with Crippen LogP contribution in [-0.2, 0) is 0 Å². The van der Waals surface area contributed by atoms with E-state index >= 15 is 0 Å². The minimum atomic E-state index is -1.41. The van der Waals surface area contributed by atoms with Crippen LogP contribution in [0.15, 0.2) is 0 Å². The van der Waals surface area contributed by atoms with E-state index in [1.165, 1.54) is 6.92 Å². The molecule has 0 saturated carbocycles. The highest BCUT2D eigenvalue weighted by Crippen LogP contribution is 2.07. The Bertz CT molecular complexity index is 465. The fourth-order valence-electron chi connectivity index (χ4n) is 0.945. The molecule has 0 bridgehead atoms. The van der Waals surface area contributed by atoms with E-state index < -0.39 is 23.2 Å². The van der Waals surface area contributed by atoms with E-state index in [0.29, 0.717) is 0 Å². The number of aryl methyl sites for hydroxylation is 1. The van der Waals surface area contributed by atoms with Crippen LogP contribution < -0.4 is 0 Å². The molecule has 1 aromatic heterocycles. The first-order valence-corrected chi connectivity index (χ1v) is 3.92. The molecule has 0 saturated heterocycles. The van der Waals surface area contributed by atoms with Crippen molar-refractivity contribution in [2.24, 2.45) is 0 Å². The molecule has 0 fully saturated rings. The number of rotatable bonds is 2. The molecule has 0 unspecified atom stereocenters. The quantitative estimate of drug-likeness (QED) is 0.630. The number of nitrogens with one attached hydrogen (secondary N) is 1. The average molecular weight is 214 g/mol. The molecule has 7 heteroatoms. The smallest absolute Gasteiger partial charge is 0.353 e. The zero-order valence-corrected chi connectivity index (χ0v) is 7.88.